The van der Waals surface area contributed by atoms with Crippen LogP contribution in [0.4, 0.5) is 17.2 Å². The second-order valence-corrected chi connectivity index (χ2v) is 7.53. The number of fused-ring (bicyclic) bond motifs is 3. The maximum absolute atomic E-state index is 5.43. The number of ether oxygens (including phenoxy) is 1. The van der Waals surface area contributed by atoms with Gasteiger partial charge in [0.25, 0.3) is 0 Å². The van der Waals surface area contributed by atoms with Gasteiger partial charge in [0.1, 0.15) is 11.5 Å². The number of aryl methyl sites for hydroxylation is 2. The van der Waals surface area contributed by atoms with E-state index in [1.807, 2.05) is 0 Å². The van der Waals surface area contributed by atoms with Crippen LogP contribution in [-0.4, -0.2) is 35.9 Å². The molecule has 5 nitrogen and oxygen atoms in total. The summed E-state index contributed by atoms with van der Waals surface area (Å²) in [6, 6.07) is 12.9. The monoisotopic (exact) mass is 378 g/mol. The minimum Gasteiger partial charge on any atom is -0.378 e. The normalized spacial score (nSPS) is 16.5. The first kappa shape index (κ1) is 18.8. The van der Waals surface area contributed by atoms with Crippen molar-refractivity contribution in [2.24, 2.45) is 7.05 Å². The summed E-state index contributed by atoms with van der Waals surface area (Å²) < 4.78 is 7.72. The van der Waals surface area contributed by atoms with Crippen molar-refractivity contribution >= 4 is 28.2 Å². The van der Waals surface area contributed by atoms with Crippen molar-refractivity contribution < 1.29 is 4.74 Å². The molecule has 1 fully saturated rings. The molecule has 0 amide bonds. The minimum atomic E-state index is 0. The molecule has 5 rings (SSSR count). The van der Waals surface area contributed by atoms with Gasteiger partial charge in [-0.2, -0.15) is 0 Å². The van der Waals surface area contributed by atoms with Crippen LogP contribution < -0.4 is 10.2 Å². The van der Waals surface area contributed by atoms with Crippen molar-refractivity contribution in [3.63, 3.8) is 0 Å². The van der Waals surface area contributed by atoms with Gasteiger partial charge in [0.2, 0.25) is 0 Å². The number of morpholine rings is 1. The Morgan fingerprint density at radius 3 is 2.50 bits per heavy atom. The van der Waals surface area contributed by atoms with Crippen LogP contribution in [0, 0.1) is 0 Å². The van der Waals surface area contributed by atoms with E-state index >= 15 is 0 Å². The van der Waals surface area contributed by atoms with Gasteiger partial charge in [-0.3, -0.25) is 0 Å². The van der Waals surface area contributed by atoms with Crippen LogP contribution in [-0.2, 0) is 24.6 Å². The van der Waals surface area contributed by atoms with E-state index in [1.54, 1.807) is 0 Å². The SMILES string of the molecule is C.Cn1c2c(c3ccc(Nc4ccc(N5CCOCC5)cc4)nc31)CCCC2. The Bertz CT molecular complexity index is 955. The number of nitrogens with one attached hydrogen (secondary N) is 1. The Morgan fingerprint density at radius 2 is 1.71 bits per heavy atom. The summed E-state index contributed by atoms with van der Waals surface area (Å²) in [6.45, 7) is 3.54. The molecule has 0 spiro atoms. The predicted molar refractivity (Wildman–Crippen MR) is 117 cm³/mol. The number of aromatic nitrogens is 2. The van der Waals surface area contributed by atoms with Crippen molar-refractivity contribution in [1.82, 2.24) is 9.55 Å². The highest BCUT2D eigenvalue weighted by Gasteiger charge is 2.19. The minimum absolute atomic E-state index is 0. The van der Waals surface area contributed by atoms with Gasteiger partial charge in [0.15, 0.2) is 0 Å². The van der Waals surface area contributed by atoms with Crippen LogP contribution in [0.2, 0.25) is 0 Å². The Kier molecular flexibility index (Phi) is 5.27. The molecule has 0 atom stereocenters. The van der Waals surface area contributed by atoms with Crippen LogP contribution in [0.15, 0.2) is 36.4 Å². The number of hydrogen-bond donors (Lipinski definition) is 1. The maximum Gasteiger partial charge on any atom is 0.142 e. The first-order chi connectivity index (χ1) is 13.3. The fraction of sp³-hybridized carbons (Fsp3) is 0.435. The Hall–Kier alpha value is -2.53. The molecule has 0 radical (unpaired) electrons. The number of pyridine rings is 1. The highest BCUT2D eigenvalue weighted by molar-refractivity contribution is 5.84. The van der Waals surface area contributed by atoms with Gasteiger partial charge in [-0.15, -0.1) is 0 Å². The van der Waals surface area contributed by atoms with E-state index in [2.05, 4.69) is 58.2 Å². The van der Waals surface area contributed by atoms with Crippen LogP contribution in [0.25, 0.3) is 11.0 Å². The molecule has 3 aromatic rings. The van der Waals surface area contributed by atoms with Crippen LogP contribution in [0.3, 0.4) is 0 Å². The molecule has 1 aliphatic heterocycles. The Labute approximate surface area is 167 Å². The van der Waals surface area contributed by atoms with Crippen LogP contribution >= 0.6 is 0 Å². The summed E-state index contributed by atoms with van der Waals surface area (Å²) in [5.41, 5.74) is 6.39. The third-order valence-corrected chi connectivity index (χ3v) is 5.88. The average molecular weight is 379 g/mol. The van der Waals surface area contributed by atoms with Crippen molar-refractivity contribution in [1.29, 1.82) is 0 Å². The summed E-state index contributed by atoms with van der Waals surface area (Å²) in [5, 5.41) is 4.79. The molecule has 2 aromatic heterocycles. The largest absolute Gasteiger partial charge is 0.378 e. The van der Waals surface area contributed by atoms with Crippen LogP contribution in [0.5, 0.6) is 0 Å². The summed E-state index contributed by atoms with van der Waals surface area (Å²) in [4.78, 5) is 7.28. The second-order valence-electron chi connectivity index (χ2n) is 7.53. The molecule has 2 aliphatic rings. The van der Waals surface area contributed by atoms with Gasteiger partial charge in [0, 0.05) is 42.6 Å². The quantitative estimate of drug-likeness (QED) is 0.719. The smallest absolute Gasteiger partial charge is 0.142 e. The number of nitrogens with zero attached hydrogens (tertiary/aromatic N) is 3. The topological polar surface area (TPSA) is 42.3 Å². The standard InChI is InChI=1S/C22H26N4O.CH4/c1-25-20-5-3-2-4-18(20)19-10-11-21(24-22(19)25)23-16-6-8-17(9-7-16)26-12-14-27-15-13-26;/h6-11H,2-5,12-15H2,1H3,(H,23,24);1H4. The molecule has 1 saturated heterocycles. The third-order valence-electron chi connectivity index (χ3n) is 5.88. The fourth-order valence-corrected chi connectivity index (χ4v) is 4.41. The molecule has 1 N–H and O–H groups in total. The van der Waals surface area contributed by atoms with E-state index in [0.717, 1.165) is 43.5 Å². The molecular weight excluding hydrogens is 348 g/mol. The van der Waals surface area contributed by atoms with E-state index in [4.69, 9.17) is 9.72 Å². The molecule has 5 heteroatoms. The summed E-state index contributed by atoms with van der Waals surface area (Å²) in [5.74, 6) is 0.902. The molecule has 1 aromatic carbocycles. The molecule has 0 bridgehead atoms. The zero-order valence-electron chi connectivity index (χ0n) is 15.9. The highest BCUT2D eigenvalue weighted by atomic mass is 16.5. The summed E-state index contributed by atoms with van der Waals surface area (Å²) >= 11 is 0. The maximum atomic E-state index is 5.43. The molecule has 1 aliphatic carbocycles. The molecule has 148 valence electrons. The number of rotatable bonds is 3. The van der Waals surface area contributed by atoms with Gasteiger partial charge in [-0.05, 0) is 67.6 Å². The van der Waals surface area contributed by atoms with Gasteiger partial charge >= 0.3 is 0 Å². The number of anilines is 3. The summed E-state index contributed by atoms with van der Waals surface area (Å²) in [7, 11) is 2.15. The Balaban J connectivity index is 0.00000192. The zero-order chi connectivity index (χ0) is 18.2. The van der Waals surface area contributed by atoms with E-state index in [-0.39, 0.29) is 7.43 Å². The highest BCUT2D eigenvalue weighted by Crippen LogP contribution is 2.31. The van der Waals surface area contributed by atoms with Gasteiger partial charge < -0.3 is 19.5 Å². The van der Waals surface area contributed by atoms with Crippen molar-refractivity contribution in [2.75, 3.05) is 36.5 Å². The second kappa shape index (κ2) is 7.84. The van der Waals surface area contributed by atoms with Crippen molar-refractivity contribution in [3.8, 4) is 0 Å². The fourth-order valence-electron chi connectivity index (χ4n) is 4.41. The molecule has 0 saturated carbocycles. The van der Waals surface area contributed by atoms with Gasteiger partial charge in [-0.25, -0.2) is 4.98 Å². The van der Waals surface area contributed by atoms with Gasteiger partial charge in [-0.1, -0.05) is 7.43 Å². The zero-order valence-corrected chi connectivity index (χ0v) is 15.9. The predicted octanol–water partition coefficient (Wildman–Crippen LogP) is 4.67. The lowest BCUT2D eigenvalue weighted by Gasteiger charge is -2.28. The van der Waals surface area contributed by atoms with E-state index in [0.29, 0.717) is 0 Å². The Morgan fingerprint density at radius 1 is 0.964 bits per heavy atom. The molecular formula is C23H30N4O. The lowest BCUT2D eigenvalue weighted by atomic mass is 9.96. The lowest BCUT2D eigenvalue weighted by Crippen LogP contribution is -2.36. The van der Waals surface area contributed by atoms with Crippen molar-refractivity contribution in [2.45, 2.75) is 33.1 Å². The first-order valence-corrected chi connectivity index (χ1v) is 9.96. The lowest BCUT2D eigenvalue weighted by molar-refractivity contribution is 0.122. The number of hydrogen-bond acceptors (Lipinski definition) is 4. The van der Waals surface area contributed by atoms with Crippen LogP contribution in [0.1, 0.15) is 31.5 Å². The summed E-state index contributed by atoms with van der Waals surface area (Å²) in [6.07, 6.45) is 4.94. The molecule has 0 unspecified atom stereocenters. The first-order valence-electron chi connectivity index (χ1n) is 9.96. The third kappa shape index (κ3) is 3.35. The molecule has 3 heterocycles. The van der Waals surface area contributed by atoms with E-state index in [1.165, 1.54) is 48.0 Å². The van der Waals surface area contributed by atoms with Crippen molar-refractivity contribution in [3.05, 3.63) is 47.7 Å². The number of benzene rings is 1. The average Bonchev–Trinajstić information content (AvgIpc) is 3.01. The molecule has 28 heavy (non-hydrogen) atoms. The van der Waals surface area contributed by atoms with E-state index < -0.39 is 0 Å². The van der Waals surface area contributed by atoms with Gasteiger partial charge in [0.05, 0.1) is 13.2 Å². The van der Waals surface area contributed by atoms with E-state index in [9.17, 15) is 0 Å².